The van der Waals surface area contributed by atoms with E-state index in [2.05, 4.69) is 10.4 Å². The van der Waals surface area contributed by atoms with Gasteiger partial charge in [0.15, 0.2) is 0 Å². The monoisotopic (exact) mass is 267 g/mol. The Kier molecular flexibility index (Phi) is 3.68. The Labute approximate surface area is 111 Å². The molecule has 1 atom stereocenters. The van der Waals surface area contributed by atoms with Gasteiger partial charge in [0.1, 0.15) is 5.82 Å². The van der Waals surface area contributed by atoms with E-state index in [4.69, 9.17) is 11.6 Å². The van der Waals surface area contributed by atoms with Crippen LogP contribution in [0, 0.1) is 12.7 Å². The van der Waals surface area contributed by atoms with E-state index in [0.29, 0.717) is 5.02 Å². The van der Waals surface area contributed by atoms with E-state index in [9.17, 15) is 4.39 Å². The number of rotatable bonds is 3. The van der Waals surface area contributed by atoms with Gasteiger partial charge >= 0.3 is 0 Å². The Bertz CT molecular complexity index is 526. The average Bonchev–Trinajstić information content (AvgIpc) is 2.61. The van der Waals surface area contributed by atoms with E-state index in [1.165, 1.54) is 12.1 Å². The standard InChI is InChI=1S/C13H15ClFN3/c1-8-4-9(6-10(15)5-8)12(16-2)13-11(14)7-17-18(13)3/h4-7,12,16H,1-3H3. The molecule has 0 spiro atoms. The molecule has 2 rings (SSSR count). The lowest BCUT2D eigenvalue weighted by atomic mass is 10.0. The quantitative estimate of drug-likeness (QED) is 0.927. The Morgan fingerprint density at radius 2 is 2.11 bits per heavy atom. The maximum Gasteiger partial charge on any atom is 0.123 e. The molecule has 96 valence electrons. The van der Waals surface area contributed by atoms with Crippen molar-refractivity contribution in [3.05, 3.63) is 52.1 Å². The lowest BCUT2D eigenvalue weighted by molar-refractivity contribution is 0.590. The summed E-state index contributed by atoms with van der Waals surface area (Å²) in [6.45, 7) is 1.87. The fourth-order valence-corrected chi connectivity index (χ4v) is 2.41. The number of aromatic nitrogens is 2. The molecule has 1 N–H and O–H groups in total. The van der Waals surface area contributed by atoms with Crippen molar-refractivity contribution >= 4 is 11.6 Å². The third kappa shape index (κ3) is 2.40. The predicted octanol–water partition coefficient (Wildman–Crippen LogP) is 2.83. The molecule has 0 aliphatic heterocycles. The van der Waals surface area contributed by atoms with E-state index < -0.39 is 0 Å². The molecule has 0 aliphatic rings. The summed E-state index contributed by atoms with van der Waals surface area (Å²) < 4.78 is 15.2. The molecule has 1 heterocycles. The van der Waals surface area contributed by atoms with Crippen molar-refractivity contribution in [1.82, 2.24) is 15.1 Å². The van der Waals surface area contributed by atoms with E-state index in [0.717, 1.165) is 16.8 Å². The van der Waals surface area contributed by atoms with Gasteiger partial charge in [-0.25, -0.2) is 4.39 Å². The van der Waals surface area contributed by atoms with Crippen molar-refractivity contribution in [2.75, 3.05) is 7.05 Å². The summed E-state index contributed by atoms with van der Waals surface area (Å²) in [5.41, 5.74) is 2.54. The second-order valence-corrected chi connectivity index (χ2v) is 4.69. The highest BCUT2D eigenvalue weighted by Crippen LogP contribution is 2.28. The Morgan fingerprint density at radius 1 is 1.39 bits per heavy atom. The molecule has 0 amide bonds. The first-order valence-electron chi connectivity index (χ1n) is 5.64. The Hall–Kier alpha value is -1.39. The molecular weight excluding hydrogens is 253 g/mol. The smallest absolute Gasteiger partial charge is 0.123 e. The van der Waals surface area contributed by atoms with Gasteiger partial charge in [0.05, 0.1) is 23.0 Å². The minimum Gasteiger partial charge on any atom is -0.308 e. The highest BCUT2D eigenvalue weighted by atomic mass is 35.5. The molecule has 0 bridgehead atoms. The number of nitrogens with zero attached hydrogens (tertiary/aromatic N) is 2. The minimum absolute atomic E-state index is 0.181. The van der Waals surface area contributed by atoms with Crippen molar-refractivity contribution in [2.45, 2.75) is 13.0 Å². The summed E-state index contributed by atoms with van der Waals surface area (Å²) in [7, 11) is 3.63. The van der Waals surface area contributed by atoms with Gasteiger partial charge in [0.2, 0.25) is 0 Å². The van der Waals surface area contributed by atoms with E-state index >= 15 is 0 Å². The molecule has 18 heavy (non-hydrogen) atoms. The van der Waals surface area contributed by atoms with Crippen molar-refractivity contribution in [1.29, 1.82) is 0 Å². The van der Waals surface area contributed by atoms with Gasteiger partial charge in [-0.05, 0) is 37.2 Å². The molecule has 0 saturated heterocycles. The summed E-state index contributed by atoms with van der Waals surface area (Å²) in [4.78, 5) is 0. The molecule has 0 saturated carbocycles. The normalized spacial score (nSPS) is 12.7. The molecule has 0 radical (unpaired) electrons. The van der Waals surface area contributed by atoms with Gasteiger partial charge < -0.3 is 5.32 Å². The molecule has 1 aromatic heterocycles. The van der Waals surface area contributed by atoms with Gasteiger partial charge in [0, 0.05) is 7.05 Å². The van der Waals surface area contributed by atoms with Crippen LogP contribution in [-0.4, -0.2) is 16.8 Å². The number of hydrogen-bond acceptors (Lipinski definition) is 2. The number of aryl methyl sites for hydroxylation is 2. The van der Waals surface area contributed by atoms with E-state index in [1.54, 1.807) is 10.9 Å². The maximum atomic E-state index is 13.5. The van der Waals surface area contributed by atoms with Crippen LogP contribution in [0.25, 0.3) is 0 Å². The van der Waals surface area contributed by atoms with Crippen molar-refractivity contribution in [2.24, 2.45) is 7.05 Å². The lowest BCUT2D eigenvalue weighted by Gasteiger charge is -2.18. The van der Waals surface area contributed by atoms with Crippen molar-refractivity contribution < 1.29 is 4.39 Å². The van der Waals surface area contributed by atoms with Crippen LogP contribution >= 0.6 is 11.6 Å². The zero-order chi connectivity index (χ0) is 13.3. The molecule has 1 unspecified atom stereocenters. The van der Waals surface area contributed by atoms with Gasteiger partial charge in [-0.15, -0.1) is 0 Å². The third-order valence-electron chi connectivity index (χ3n) is 2.90. The van der Waals surface area contributed by atoms with Crippen LogP contribution in [-0.2, 0) is 7.05 Å². The third-order valence-corrected chi connectivity index (χ3v) is 3.19. The number of nitrogens with one attached hydrogen (secondary N) is 1. The molecule has 3 nitrogen and oxygen atoms in total. The molecule has 0 aliphatic carbocycles. The van der Waals surface area contributed by atoms with Crippen LogP contribution in [0.1, 0.15) is 22.9 Å². The number of benzene rings is 1. The van der Waals surface area contributed by atoms with Crippen LogP contribution in [0.5, 0.6) is 0 Å². The Morgan fingerprint density at radius 3 is 2.61 bits per heavy atom. The summed E-state index contributed by atoms with van der Waals surface area (Å²) >= 11 is 6.13. The molecule has 0 fully saturated rings. The summed E-state index contributed by atoms with van der Waals surface area (Å²) in [6.07, 6.45) is 1.59. The average molecular weight is 268 g/mol. The van der Waals surface area contributed by atoms with E-state index in [-0.39, 0.29) is 11.9 Å². The minimum atomic E-state index is -0.247. The highest BCUT2D eigenvalue weighted by molar-refractivity contribution is 6.31. The topological polar surface area (TPSA) is 29.9 Å². The van der Waals surface area contributed by atoms with Crippen LogP contribution in [0.15, 0.2) is 24.4 Å². The second-order valence-electron chi connectivity index (χ2n) is 4.28. The van der Waals surface area contributed by atoms with E-state index in [1.807, 2.05) is 27.1 Å². The lowest BCUT2D eigenvalue weighted by Crippen LogP contribution is -2.21. The van der Waals surface area contributed by atoms with Gasteiger partial charge in [-0.2, -0.15) is 5.10 Å². The van der Waals surface area contributed by atoms with Crippen molar-refractivity contribution in [3.8, 4) is 0 Å². The molecule has 2 aromatic rings. The van der Waals surface area contributed by atoms with Crippen LogP contribution in [0.2, 0.25) is 5.02 Å². The summed E-state index contributed by atoms with van der Waals surface area (Å²) in [6, 6.07) is 4.77. The molecule has 5 heteroatoms. The zero-order valence-corrected chi connectivity index (χ0v) is 11.3. The fourth-order valence-electron chi connectivity index (χ4n) is 2.14. The van der Waals surface area contributed by atoms with Crippen LogP contribution < -0.4 is 5.32 Å². The summed E-state index contributed by atoms with van der Waals surface area (Å²) in [5.74, 6) is -0.247. The zero-order valence-electron chi connectivity index (χ0n) is 10.5. The van der Waals surface area contributed by atoms with Crippen LogP contribution in [0.3, 0.4) is 0 Å². The molecular formula is C13H15ClFN3. The summed E-state index contributed by atoms with van der Waals surface area (Å²) in [5, 5.41) is 7.82. The van der Waals surface area contributed by atoms with Gasteiger partial charge in [-0.3, -0.25) is 4.68 Å². The first-order chi connectivity index (χ1) is 8.52. The van der Waals surface area contributed by atoms with Crippen molar-refractivity contribution in [3.63, 3.8) is 0 Å². The van der Waals surface area contributed by atoms with Gasteiger partial charge in [-0.1, -0.05) is 17.7 Å². The maximum absolute atomic E-state index is 13.5. The van der Waals surface area contributed by atoms with Crippen LogP contribution in [0.4, 0.5) is 4.39 Å². The largest absolute Gasteiger partial charge is 0.308 e. The second kappa shape index (κ2) is 5.08. The number of halogens is 2. The Balaban J connectivity index is 2.52. The first-order valence-corrected chi connectivity index (χ1v) is 6.02. The highest BCUT2D eigenvalue weighted by Gasteiger charge is 2.20. The SMILES string of the molecule is CNC(c1cc(C)cc(F)c1)c1c(Cl)cnn1C. The first kappa shape index (κ1) is 13.1. The fraction of sp³-hybridized carbons (Fsp3) is 0.308. The molecule has 1 aromatic carbocycles. The number of hydrogen-bond donors (Lipinski definition) is 1. The predicted molar refractivity (Wildman–Crippen MR) is 70.3 cm³/mol. The van der Waals surface area contributed by atoms with Gasteiger partial charge in [0.25, 0.3) is 0 Å².